The van der Waals surface area contributed by atoms with Gasteiger partial charge < -0.3 is 0 Å². The molecule has 0 atom stereocenters. The van der Waals surface area contributed by atoms with Gasteiger partial charge in [-0.05, 0) is 23.3 Å². The fourth-order valence-corrected chi connectivity index (χ4v) is 5.47. The molecule has 0 bridgehead atoms. The number of benzene rings is 4. The average molecular weight is 769 g/mol. The third-order valence-electron chi connectivity index (χ3n) is 6.27. The monoisotopic (exact) mass is 764 g/mol. The molecule has 0 spiro atoms. The van der Waals surface area contributed by atoms with E-state index in [1.807, 2.05) is 48.5 Å². The Hall–Kier alpha value is -1.06. The summed E-state index contributed by atoms with van der Waals surface area (Å²) < 4.78 is 0. The van der Waals surface area contributed by atoms with Crippen LogP contribution >= 0.6 is 63.4 Å². The SMILES string of the molecule is C[Si]C.Cc1cc2c(-c3cccc(Cl)c3Cl)cccc2[cH-]1.Cc1cc2c(-c3cccc(Cl)c3Cl)cccc2[cH-]1.[Cl][Zr+2][Cl]. The van der Waals surface area contributed by atoms with Gasteiger partial charge in [-0.2, -0.15) is 12.1 Å². The Morgan fingerprint density at radius 2 is 0.857 bits per heavy atom. The molecule has 0 fully saturated rings. The minimum absolute atomic E-state index is 0.592. The second kappa shape index (κ2) is 17.4. The van der Waals surface area contributed by atoms with Crippen molar-refractivity contribution in [1.82, 2.24) is 0 Å². The second-order valence-corrected chi connectivity index (χ2v) is 15.8. The molecule has 6 aromatic rings. The minimum atomic E-state index is -0.826. The van der Waals surface area contributed by atoms with Crippen LogP contribution in [0.15, 0.2) is 97.1 Å². The Labute approximate surface area is 290 Å². The van der Waals surface area contributed by atoms with Gasteiger partial charge in [0, 0.05) is 9.52 Å². The Balaban J connectivity index is 0.000000195. The van der Waals surface area contributed by atoms with Crippen LogP contribution in [0, 0.1) is 13.8 Å². The van der Waals surface area contributed by atoms with Crippen LogP contribution in [0.4, 0.5) is 0 Å². The number of rotatable bonds is 2. The van der Waals surface area contributed by atoms with Gasteiger partial charge in [-0.3, -0.25) is 0 Å². The fraction of sp³-hybridized carbons (Fsp3) is 0.118. The standard InChI is InChI=1S/2C16H11Cl2.C2H6Si.2ClH.Zr/c2*1-10-8-11-4-2-5-12(14(11)9-10)13-6-3-7-15(17)16(13)18;1-3-2;;;/h2*2-9H,1H3;1-2H3;2*1H;/q2*-1;;;;+4/p-2. The number of fused-ring (bicyclic) bond motifs is 2. The zero-order valence-corrected chi connectivity index (χ0v) is 31.5. The summed E-state index contributed by atoms with van der Waals surface area (Å²) >= 11 is 24.0. The first kappa shape index (κ1) is 35.4. The summed E-state index contributed by atoms with van der Waals surface area (Å²) in [6, 6.07) is 32.7. The molecular weight excluding hydrogens is 740 g/mol. The fourth-order valence-electron chi connectivity index (χ4n) is 4.66. The predicted molar refractivity (Wildman–Crippen MR) is 189 cm³/mol. The van der Waals surface area contributed by atoms with Crippen LogP contribution in [0.3, 0.4) is 0 Å². The molecule has 0 N–H and O–H groups in total. The van der Waals surface area contributed by atoms with Crippen LogP contribution in [0.1, 0.15) is 11.1 Å². The zero-order chi connectivity index (χ0) is 30.8. The van der Waals surface area contributed by atoms with Crippen LogP contribution in [0.2, 0.25) is 33.2 Å². The molecule has 8 heteroatoms. The first-order valence-electron chi connectivity index (χ1n) is 12.9. The summed E-state index contributed by atoms with van der Waals surface area (Å²) in [4.78, 5) is 0. The molecule has 0 aliphatic heterocycles. The normalized spacial score (nSPS) is 10.1. The van der Waals surface area contributed by atoms with Gasteiger partial charge in [-0.25, -0.2) is 0 Å². The molecule has 2 radical (unpaired) electrons. The van der Waals surface area contributed by atoms with Crippen molar-refractivity contribution in [3.63, 3.8) is 0 Å². The third-order valence-corrected chi connectivity index (χ3v) is 7.91. The van der Waals surface area contributed by atoms with Crippen LogP contribution in [0.25, 0.3) is 43.8 Å². The first-order chi connectivity index (χ1) is 20.2. The van der Waals surface area contributed by atoms with Crippen molar-refractivity contribution < 1.29 is 20.8 Å². The third kappa shape index (κ3) is 8.99. The molecule has 0 saturated heterocycles. The van der Waals surface area contributed by atoms with Crippen molar-refractivity contribution >= 4 is 94.5 Å². The van der Waals surface area contributed by atoms with Crippen LogP contribution in [-0.4, -0.2) is 9.52 Å². The van der Waals surface area contributed by atoms with E-state index >= 15 is 0 Å². The first-order valence-corrected chi connectivity index (χ1v) is 22.8. The second-order valence-electron chi connectivity index (χ2n) is 9.46. The number of hydrogen-bond donors (Lipinski definition) is 0. The molecule has 0 unspecified atom stereocenters. The van der Waals surface area contributed by atoms with Gasteiger partial charge >= 0.3 is 37.9 Å². The summed E-state index contributed by atoms with van der Waals surface area (Å²) in [7, 11) is 11.0. The van der Waals surface area contributed by atoms with Crippen molar-refractivity contribution in [2.24, 2.45) is 0 Å². The van der Waals surface area contributed by atoms with E-state index in [4.69, 9.17) is 63.4 Å². The summed E-state index contributed by atoms with van der Waals surface area (Å²) in [6.45, 7) is 8.51. The van der Waals surface area contributed by atoms with E-state index in [-0.39, 0.29) is 0 Å². The molecule has 214 valence electrons. The summed E-state index contributed by atoms with van der Waals surface area (Å²) in [6.07, 6.45) is 0. The van der Waals surface area contributed by atoms with Gasteiger partial charge in [0.25, 0.3) is 0 Å². The maximum absolute atomic E-state index is 6.30. The molecule has 0 saturated carbocycles. The number of halogens is 6. The molecule has 0 amide bonds. The van der Waals surface area contributed by atoms with E-state index in [0.717, 1.165) is 31.8 Å². The van der Waals surface area contributed by atoms with Gasteiger partial charge in [0.2, 0.25) is 0 Å². The molecule has 0 heterocycles. The van der Waals surface area contributed by atoms with Gasteiger partial charge in [-0.1, -0.05) is 121 Å². The van der Waals surface area contributed by atoms with E-state index in [1.54, 1.807) is 0 Å². The van der Waals surface area contributed by atoms with E-state index in [0.29, 0.717) is 20.1 Å². The quantitative estimate of drug-likeness (QED) is 0.122. The number of aryl methyl sites for hydroxylation is 2. The Morgan fingerprint density at radius 3 is 1.21 bits per heavy atom. The van der Waals surface area contributed by atoms with Crippen molar-refractivity contribution in [2.75, 3.05) is 0 Å². The zero-order valence-electron chi connectivity index (χ0n) is 23.5. The van der Waals surface area contributed by atoms with Crippen molar-refractivity contribution in [3.8, 4) is 22.3 Å². The van der Waals surface area contributed by atoms with Crippen molar-refractivity contribution in [3.05, 3.63) is 128 Å². The maximum atomic E-state index is 6.30. The van der Waals surface area contributed by atoms with Gasteiger partial charge in [0.15, 0.2) is 0 Å². The van der Waals surface area contributed by atoms with Gasteiger partial charge in [-0.15, -0.1) is 69.1 Å². The van der Waals surface area contributed by atoms with Crippen molar-refractivity contribution in [2.45, 2.75) is 26.9 Å². The van der Waals surface area contributed by atoms with E-state index in [1.165, 1.54) is 32.7 Å². The average Bonchev–Trinajstić information content (AvgIpc) is 3.54. The number of hydrogen-bond acceptors (Lipinski definition) is 0. The summed E-state index contributed by atoms with van der Waals surface area (Å²) in [5.41, 5.74) is 6.76. The van der Waals surface area contributed by atoms with E-state index in [2.05, 4.69) is 75.5 Å². The molecular formula is C34H28Cl6SiZr. The Kier molecular flexibility index (Phi) is 14.7. The molecule has 6 rings (SSSR count). The predicted octanol–water partition coefficient (Wildman–Crippen LogP) is 13.8. The van der Waals surface area contributed by atoms with E-state index in [9.17, 15) is 0 Å². The molecule has 6 aromatic carbocycles. The molecule has 0 nitrogen and oxygen atoms in total. The van der Waals surface area contributed by atoms with Crippen LogP contribution in [-0.2, 0) is 20.8 Å². The van der Waals surface area contributed by atoms with Gasteiger partial charge in [0.1, 0.15) is 0 Å². The van der Waals surface area contributed by atoms with Gasteiger partial charge in [0.05, 0.1) is 20.1 Å². The molecule has 0 aliphatic carbocycles. The topological polar surface area (TPSA) is 0 Å². The molecule has 0 aliphatic rings. The van der Waals surface area contributed by atoms with Crippen molar-refractivity contribution in [1.29, 1.82) is 0 Å². The molecule has 42 heavy (non-hydrogen) atoms. The summed E-state index contributed by atoms with van der Waals surface area (Å²) in [5, 5.41) is 7.33. The summed E-state index contributed by atoms with van der Waals surface area (Å²) in [5.74, 6) is 0. The Bertz CT molecular complexity index is 1630. The van der Waals surface area contributed by atoms with Crippen LogP contribution in [0.5, 0.6) is 0 Å². The van der Waals surface area contributed by atoms with E-state index < -0.39 is 20.8 Å². The Morgan fingerprint density at radius 1 is 0.548 bits per heavy atom. The van der Waals surface area contributed by atoms with Crippen LogP contribution < -0.4 is 0 Å². The molecule has 0 aromatic heterocycles.